The van der Waals surface area contributed by atoms with Gasteiger partial charge in [-0.2, -0.15) is 18.4 Å². The van der Waals surface area contributed by atoms with Crippen LogP contribution in [0.3, 0.4) is 0 Å². The number of hydrogen-bond donors (Lipinski definition) is 2. The van der Waals surface area contributed by atoms with E-state index >= 15 is 0 Å². The molecule has 0 fully saturated rings. The number of benzene rings is 2. The summed E-state index contributed by atoms with van der Waals surface area (Å²) in [5.41, 5.74) is 5.98. The smallest absolute Gasteiger partial charge is 0.397 e. The molecule has 2 rings (SSSR count). The van der Waals surface area contributed by atoms with Crippen molar-refractivity contribution < 1.29 is 13.2 Å². The quantitative estimate of drug-likeness (QED) is 0.769. The Balaban J connectivity index is 2.41. The van der Waals surface area contributed by atoms with Gasteiger partial charge in [0.2, 0.25) is 0 Å². The Morgan fingerprint density at radius 3 is 2.43 bits per heavy atom. The highest BCUT2D eigenvalue weighted by Crippen LogP contribution is 2.33. The van der Waals surface area contributed by atoms with Gasteiger partial charge in [0.15, 0.2) is 0 Å². The summed E-state index contributed by atoms with van der Waals surface area (Å²) in [4.78, 5) is 0. The van der Waals surface area contributed by atoms with Gasteiger partial charge in [-0.3, -0.25) is 0 Å². The number of hydrogen-bond acceptors (Lipinski definition) is 3. The van der Waals surface area contributed by atoms with E-state index in [4.69, 9.17) is 11.0 Å². The van der Waals surface area contributed by atoms with Crippen LogP contribution in [0.2, 0.25) is 0 Å². The molecule has 2 aromatic carbocycles. The summed E-state index contributed by atoms with van der Waals surface area (Å²) in [6.45, 7) is 0. The average molecular weight is 356 g/mol. The van der Waals surface area contributed by atoms with Crippen LogP contribution >= 0.6 is 15.9 Å². The van der Waals surface area contributed by atoms with Gasteiger partial charge in [0.25, 0.3) is 0 Å². The van der Waals surface area contributed by atoms with Crippen LogP contribution in [0.4, 0.5) is 30.2 Å². The van der Waals surface area contributed by atoms with Crippen molar-refractivity contribution in [3.05, 3.63) is 52.0 Å². The molecule has 3 nitrogen and oxygen atoms in total. The van der Waals surface area contributed by atoms with E-state index in [-0.39, 0.29) is 11.3 Å². The van der Waals surface area contributed by atoms with Crippen LogP contribution in [-0.4, -0.2) is 0 Å². The number of nitrogens with zero attached hydrogens (tertiary/aromatic N) is 1. The number of halogens is 4. The van der Waals surface area contributed by atoms with Crippen LogP contribution in [0, 0.1) is 11.3 Å². The maximum absolute atomic E-state index is 12.6. The molecule has 0 amide bonds. The number of anilines is 3. The first-order valence-corrected chi connectivity index (χ1v) is 6.54. The van der Waals surface area contributed by atoms with Gasteiger partial charge in [-0.1, -0.05) is 15.9 Å². The molecule has 21 heavy (non-hydrogen) atoms. The predicted molar refractivity (Wildman–Crippen MR) is 78.0 cm³/mol. The van der Waals surface area contributed by atoms with Gasteiger partial charge in [-0.15, -0.1) is 0 Å². The Labute approximate surface area is 127 Å². The van der Waals surface area contributed by atoms with Crippen molar-refractivity contribution in [1.29, 1.82) is 5.26 Å². The summed E-state index contributed by atoms with van der Waals surface area (Å²) >= 11 is 3.27. The Hall–Kier alpha value is -2.20. The van der Waals surface area contributed by atoms with E-state index in [1.807, 2.05) is 0 Å². The molecule has 0 saturated heterocycles. The maximum Gasteiger partial charge on any atom is 0.416 e. The third-order valence-electron chi connectivity index (χ3n) is 2.75. The second kappa shape index (κ2) is 5.66. The fourth-order valence-electron chi connectivity index (χ4n) is 1.70. The van der Waals surface area contributed by atoms with Crippen molar-refractivity contribution in [2.75, 3.05) is 11.1 Å². The van der Waals surface area contributed by atoms with E-state index < -0.39 is 11.7 Å². The zero-order valence-corrected chi connectivity index (χ0v) is 12.1. The molecule has 7 heteroatoms. The summed E-state index contributed by atoms with van der Waals surface area (Å²) in [7, 11) is 0. The minimum absolute atomic E-state index is 0.107. The van der Waals surface area contributed by atoms with Gasteiger partial charge in [0.1, 0.15) is 6.07 Å². The zero-order valence-electron chi connectivity index (χ0n) is 10.5. The summed E-state index contributed by atoms with van der Waals surface area (Å²) in [5, 5.41) is 11.9. The molecule has 0 spiro atoms. The Bertz CT molecular complexity index is 720. The lowest BCUT2D eigenvalue weighted by Crippen LogP contribution is -2.06. The van der Waals surface area contributed by atoms with Crippen LogP contribution < -0.4 is 11.1 Å². The van der Waals surface area contributed by atoms with Gasteiger partial charge >= 0.3 is 6.18 Å². The molecule has 3 N–H and O–H groups in total. The molecule has 108 valence electrons. The van der Waals surface area contributed by atoms with Gasteiger partial charge in [-0.25, -0.2) is 0 Å². The minimum Gasteiger partial charge on any atom is -0.397 e. The molecule has 0 saturated carbocycles. The lowest BCUT2D eigenvalue weighted by molar-refractivity contribution is -0.137. The van der Waals surface area contributed by atoms with Crippen molar-refractivity contribution in [1.82, 2.24) is 0 Å². The Morgan fingerprint density at radius 1 is 1.10 bits per heavy atom. The molecular weight excluding hydrogens is 347 g/mol. The number of rotatable bonds is 2. The summed E-state index contributed by atoms with van der Waals surface area (Å²) in [6.07, 6.45) is -4.49. The molecule has 0 aliphatic heterocycles. The SMILES string of the molecule is N#Cc1cc(C(F)(F)F)ccc1Nc1cc(Br)ccc1N. The monoisotopic (exact) mass is 355 g/mol. The highest BCUT2D eigenvalue weighted by molar-refractivity contribution is 9.10. The molecule has 0 heterocycles. The first kappa shape index (κ1) is 15.2. The fourth-order valence-corrected chi connectivity index (χ4v) is 2.07. The van der Waals surface area contributed by atoms with Gasteiger partial charge in [0, 0.05) is 4.47 Å². The molecule has 2 aromatic rings. The van der Waals surface area contributed by atoms with Crippen LogP contribution in [0.25, 0.3) is 0 Å². The first-order valence-electron chi connectivity index (χ1n) is 5.74. The fraction of sp³-hybridized carbons (Fsp3) is 0.0714. The summed E-state index contributed by atoms with van der Waals surface area (Å²) < 4.78 is 38.6. The molecule has 0 bridgehead atoms. The molecule has 0 aromatic heterocycles. The van der Waals surface area contributed by atoms with Crippen LogP contribution in [0.1, 0.15) is 11.1 Å². The second-order valence-electron chi connectivity index (χ2n) is 4.23. The van der Waals surface area contributed by atoms with Gasteiger partial charge in [-0.05, 0) is 36.4 Å². The van der Waals surface area contributed by atoms with Crippen molar-refractivity contribution in [2.24, 2.45) is 0 Å². The number of nitriles is 1. The number of nitrogens with one attached hydrogen (secondary N) is 1. The summed E-state index contributed by atoms with van der Waals surface area (Å²) in [5.74, 6) is 0. The Morgan fingerprint density at radius 2 is 1.81 bits per heavy atom. The second-order valence-corrected chi connectivity index (χ2v) is 5.14. The zero-order chi connectivity index (χ0) is 15.6. The number of alkyl halides is 3. The topological polar surface area (TPSA) is 61.8 Å². The number of nitrogen functional groups attached to an aromatic ring is 1. The first-order chi connectivity index (χ1) is 9.81. The van der Waals surface area contributed by atoms with Crippen molar-refractivity contribution in [2.45, 2.75) is 6.18 Å². The largest absolute Gasteiger partial charge is 0.416 e. The lowest BCUT2D eigenvalue weighted by Gasteiger charge is -2.13. The van der Waals surface area contributed by atoms with Crippen LogP contribution in [0.5, 0.6) is 0 Å². The molecule has 0 unspecified atom stereocenters. The van der Waals surface area contributed by atoms with Crippen LogP contribution in [-0.2, 0) is 6.18 Å². The molecule has 0 atom stereocenters. The van der Waals surface area contributed by atoms with E-state index in [1.54, 1.807) is 24.3 Å². The highest BCUT2D eigenvalue weighted by atomic mass is 79.9. The van der Waals surface area contributed by atoms with Crippen molar-refractivity contribution in [3.8, 4) is 6.07 Å². The van der Waals surface area contributed by atoms with E-state index in [0.29, 0.717) is 11.4 Å². The lowest BCUT2D eigenvalue weighted by atomic mass is 10.1. The maximum atomic E-state index is 12.6. The number of nitrogens with two attached hydrogens (primary N) is 1. The molecule has 0 aliphatic carbocycles. The van der Waals surface area contributed by atoms with Gasteiger partial charge in [0.05, 0.1) is 28.2 Å². The predicted octanol–water partition coefficient (Wildman–Crippen LogP) is 4.67. The van der Waals surface area contributed by atoms with Crippen molar-refractivity contribution >= 4 is 33.0 Å². The standard InChI is InChI=1S/C14H9BrF3N3/c15-10-2-3-11(20)13(6-10)21-12-4-1-9(14(16,17)18)5-8(12)7-19/h1-6,21H,20H2. The van der Waals surface area contributed by atoms with E-state index in [0.717, 1.165) is 16.6 Å². The van der Waals surface area contributed by atoms with E-state index in [9.17, 15) is 13.2 Å². The van der Waals surface area contributed by atoms with Gasteiger partial charge < -0.3 is 11.1 Å². The summed E-state index contributed by atoms with van der Waals surface area (Å²) in [6, 6.07) is 9.72. The van der Waals surface area contributed by atoms with Crippen LogP contribution in [0.15, 0.2) is 40.9 Å². The third kappa shape index (κ3) is 3.47. The van der Waals surface area contributed by atoms with E-state index in [2.05, 4.69) is 21.2 Å². The normalized spacial score (nSPS) is 11.0. The molecule has 0 aliphatic rings. The van der Waals surface area contributed by atoms with Crippen molar-refractivity contribution in [3.63, 3.8) is 0 Å². The molecular formula is C14H9BrF3N3. The third-order valence-corrected chi connectivity index (χ3v) is 3.25. The minimum atomic E-state index is -4.49. The Kier molecular flexibility index (Phi) is 4.09. The average Bonchev–Trinajstić information content (AvgIpc) is 2.42. The highest BCUT2D eigenvalue weighted by Gasteiger charge is 2.31. The molecule has 0 radical (unpaired) electrons. The van der Waals surface area contributed by atoms with E-state index in [1.165, 1.54) is 6.07 Å².